The number of aromatic nitrogens is 3. The second kappa shape index (κ2) is 10.3. The summed E-state index contributed by atoms with van der Waals surface area (Å²) >= 11 is 0. The number of pyridine rings is 1. The van der Waals surface area contributed by atoms with Crippen molar-refractivity contribution in [2.75, 3.05) is 0 Å². The van der Waals surface area contributed by atoms with Gasteiger partial charge in [0.15, 0.2) is 5.03 Å². The molecule has 0 spiro atoms. The zero-order valence-corrected chi connectivity index (χ0v) is 18.0. The van der Waals surface area contributed by atoms with Crippen molar-refractivity contribution >= 4 is 10.1 Å². The Morgan fingerprint density at radius 3 is 2.00 bits per heavy atom. The Morgan fingerprint density at radius 1 is 0.903 bits per heavy atom. The Labute approximate surface area is 185 Å². The minimum absolute atomic E-state index is 0. The van der Waals surface area contributed by atoms with E-state index in [0.717, 1.165) is 12.4 Å². The third-order valence-electron chi connectivity index (χ3n) is 3.26. The molecule has 3 aromatic rings. The maximum Gasteiger partial charge on any atom is 0.399 e. The van der Waals surface area contributed by atoms with Gasteiger partial charge in [0.05, 0.1) is 0 Å². The Bertz CT molecular complexity index is 1060. The molecule has 1 aromatic carbocycles. The Balaban J connectivity index is 0.000000370. The SMILES string of the molecule is FC(F)(F)c1[c-]c(-c2ccccn2)cc(C(F)(F)F)c1.O=S(=O)(O)c1ccncn1.[Ir]. The van der Waals surface area contributed by atoms with Crippen LogP contribution in [0.5, 0.6) is 0 Å². The molecule has 0 aliphatic rings. The van der Waals surface area contributed by atoms with Crippen LogP contribution in [0.3, 0.4) is 0 Å². The predicted molar refractivity (Wildman–Crippen MR) is 90.4 cm³/mol. The number of hydrogen-bond acceptors (Lipinski definition) is 5. The molecule has 0 amide bonds. The molecule has 0 fully saturated rings. The topological polar surface area (TPSA) is 93.0 Å². The maximum atomic E-state index is 12.7. The van der Waals surface area contributed by atoms with Crippen LogP contribution in [-0.4, -0.2) is 27.9 Å². The summed E-state index contributed by atoms with van der Waals surface area (Å²) in [6.45, 7) is 0. The van der Waals surface area contributed by atoms with Crippen molar-refractivity contribution in [3.8, 4) is 11.3 Å². The van der Waals surface area contributed by atoms with Gasteiger partial charge in [-0.15, -0.1) is 23.8 Å². The maximum absolute atomic E-state index is 12.7. The van der Waals surface area contributed by atoms with Crippen LogP contribution in [0.1, 0.15) is 11.1 Å². The molecule has 0 atom stereocenters. The van der Waals surface area contributed by atoms with Crippen molar-refractivity contribution in [2.24, 2.45) is 0 Å². The molecule has 0 saturated heterocycles. The quantitative estimate of drug-likeness (QED) is 0.194. The average Bonchev–Trinajstić information content (AvgIpc) is 2.67. The van der Waals surface area contributed by atoms with Crippen LogP contribution in [0.2, 0.25) is 0 Å². The molecule has 6 nitrogen and oxygen atoms in total. The second-order valence-electron chi connectivity index (χ2n) is 5.43. The third-order valence-corrected chi connectivity index (χ3v) is 4.03. The number of benzene rings is 1. The van der Waals surface area contributed by atoms with E-state index in [1.807, 2.05) is 6.07 Å². The van der Waals surface area contributed by atoms with Gasteiger partial charge >= 0.3 is 22.5 Å². The number of hydrogen-bond donors (Lipinski definition) is 1. The number of nitrogens with zero attached hydrogens (tertiary/aromatic N) is 3. The van der Waals surface area contributed by atoms with E-state index in [-0.39, 0.29) is 42.5 Å². The first kappa shape index (κ1) is 26.6. The molecule has 0 aliphatic heterocycles. The van der Waals surface area contributed by atoms with Gasteiger partial charge in [-0.3, -0.25) is 4.55 Å². The summed E-state index contributed by atoms with van der Waals surface area (Å²) < 4.78 is 105. The predicted octanol–water partition coefficient (Wildman–Crippen LogP) is 4.31. The number of rotatable bonds is 2. The Hall–Kier alpha value is -2.41. The van der Waals surface area contributed by atoms with Gasteiger partial charge in [-0.25, -0.2) is 9.97 Å². The van der Waals surface area contributed by atoms with Crippen molar-refractivity contribution in [2.45, 2.75) is 17.4 Å². The first-order chi connectivity index (χ1) is 13.8. The van der Waals surface area contributed by atoms with Gasteiger partial charge in [-0.2, -0.15) is 34.8 Å². The van der Waals surface area contributed by atoms with Crippen LogP contribution in [-0.2, 0) is 42.6 Å². The Kier molecular flexibility index (Phi) is 8.82. The van der Waals surface area contributed by atoms with Crippen molar-refractivity contribution < 1.29 is 59.4 Å². The van der Waals surface area contributed by atoms with Gasteiger partial charge in [0.2, 0.25) is 0 Å². The van der Waals surface area contributed by atoms with Crippen molar-refractivity contribution in [3.05, 3.63) is 72.3 Å². The van der Waals surface area contributed by atoms with Gasteiger partial charge in [0, 0.05) is 32.5 Å². The van der Waals surface area contributed by atoms with Crippen molar-refractivity contribution in [3.63, 3.8) is 0 Å². The largest absolute Gasteiger partial charge is 0.399 e. The van der Waals surface area contributed by atoms with Crippen LogP contribution in [0, 0.1) is 6.07 Å². The Morgan fingerprint density at radius 2 is 1.58 bits per heavy atom. The number of halogens is 6. The fourth-order valence-electron chi connectivity index (χ4n) is 1.98. The summed E-state index contributed by atoms with van der Waals surface area (Å²) in [4.78, 5) is 10.5. The van der Waals surface area contributed by atoms with E-state index in [2.05, 4.69) is 15.0 Å². The van der Waals surface area contributed by atoms with Crippen LogP contribution in [0.15, 0.2) is 60.1 Å². The molecule has 0 saturated carbocycles. The van der Waals surface area contributed by atoms with Gasteiger partial charge < -0.3 is 4.98 Å². The fourth-order valence-corrected chi connectivity index (χ4v) is 2.39. The van der Waals surface area contributed by atoms with Gasteiger partial charge in [-0.05, 0) is 29.0 Å². The molecule has 0 unspecified atom stereocenters. The first-order valence-corrected chi connectivity index (χ1v) is 9.09. The van der Waals surface area contributed by atoms with E-state index in [0.29, 0.717) is 6.07 Å². The average molecular weight is 643 g/mol. The molecular weight excluding hydrogens is 632 g/mol. The van der Waals surface area contributed by atoms with E-state index in [4.69, 9.17) is 4.55 Å². The van der Waals surface area contributed by atoms with Crippen molar-refractivity contribution in [1.29, 1.82) is 0 Å². The molecule has 14 heteroatoms. The van der Waals surface area contributed by atoms with E-state index >= 15 is 0 Å². The molecule has 169 valence electrons. The van der Waals surface area contributed by atoms with E-state index < -0.39 is 33.6 Å². The molecular formula is C17H10F6IrN3O3S-. The molecule has 1 N–H and O–H groups in total. The summed E-state index contributed by atoms with van der Waals surface area (Å²) in [5.74, 6) is 0. The standard InChI is InChI=1S/C13H6F6N.C4H4N2O3S.Ir/c14-12(15,16)9-5-8(11-3-1-2-4-20-11)6-10(7-9)13(17,18)19;7-10(8,9)4-1-2-5-3-6-4;/h1-5,7H;1-3H,(H,7,8,9);/q-1;;. The van der Waals surface area contributed by atoms with Crippen LogP contribution < -0.4 is 0 Å². The zero-order chi connectivity index (χ0) is 22.6. The minimum atomic E-state index is -4.91. The normalized spacial score (nSPS) is 11.7. The number of alkyl halides is 6. The molecule has 2 heterocycles. The van der Waals surface area contributed by atoms with E-state index in [1.54, 1.807) is 0 Å². The third kappa shape index (κ3) is 7.98. The summed E-state index contributed by atoms with van der Waals surface area (Å²) in [6, 6.07) is 7.94. The first-order valence-electron chi connectivity index (χ1n) is 7.65. The van der Waals surface area contributed by atoms with E-state index in [1.165, 1.54) is 30.6 Å². The van der Waals surface area contributed by atoms with Crippen LogP contribution in [0.4, 0.5) is 26.3 Å². The summed E-state index contributed by atoms with van der Waals surface area (Å²) in [5, 5.41) is -0.387. The molecule has 2 aromatic heterocycles. The van der Waals surface area contributed by atoms with Crippen LogP contribution >= 0.6 is 0 Å². The molecule has 3 rings (SSSR count). The summed E-state index contributed by atoms with van der Waals surface area (Å²) in [5.41, 5.74) is -3.23. The van der Waals surface area contributed by atoms with E-state index in [9.17, 15) is 34.8 Å². The summed E-state index contributed by atoms with van der Waals surface area (Å²) in [6.07, 6.45) is -6.24. The second-order valence-corrected chi connectivity index (χ2v) is 6.80. The van der Waals surface area contributed by atoms with Gasteiger partial charge in [-0.1, -0.05) is 12.1 Å². The van der Waals surface area contributed by atoms with Crippen LogP contribution in [0.25, 0.3) is 11.3 Å². The monoisotopic (exact) mass is 643 g/mol. The van der Waals surface area contributed by atoms with Gasteiger partial charge in [0.25, 0.3) is 0 Å². The molecule has 0 aliphatic carbocycles. The molecule has 1 radical (unpaired) electrons. The summed E-state index contributed by atoms with van der Waals surface area (Å²) in [7, 11) is -4.15. The molecule has 0 bridgehead atoms. The zero-order valence-electron chi connectivity index (χ0n) is 14.8. The van der Waals surface area contributed by atoms with Gasteiger partial charge in [0.1, 0.15) is 6.33 Å². The molecule has 31 heavy (non-hydrogen) atoms. The smallest absolute Gasteiger partial charge is 0.305 e. The van der Waals surface area contributed by atoms with Crippen molar-refractivity contribution in [1.82, 2.24) is 15.0 Å². The fraction of sp³-hybridized carbons (Fsp3) is 0.118. The minimum Gasteiger partial charge on any atom is -0.305 e.